The first-order valence-corrected chi connectivity index (χ1v) is 5.70. The van der Waals surface area contributed by atoms with E-state index in [0.717, 1.165) is 15.8 Å². The van der Waals surface area contributed by atoms with Crippen molar-refractivity contribution in [3.05, 3.63) is 42.9 Å². The highest BCUT2D eigenvalue weighted by atomic mass is 32.1. The van der Waals surface area contributed by atoms with Crippen molar-refractivity contribution in [2.75, 3.05) is 5.73 Å². The zero-order valence-corrected chi connectivity index (χ0v) is 9.24. The fourth-order valence-electron chi connectivity index (χ4n) is 1.66. The molecule has 0 aliphatic carbocycles. The van der Waals surface area contributed by atoms with E-state index in [1.165, 1.54) is 16.7 Å². The Kier molecular flexibility index (Phi) is 2.08. The Labute approximate surface area is 96.6 Å². The minimum Gasteiger partial charge on any atom is -0.375 e. The predicted octanol–water partition coefficient (Wildman–Crippen LogP) is 2.94. The lowest BCUT2D eigenvalue weighted by Gasteiger charge is -2.00. The molecule has 16 heavy (non-hydrogen) atoms. The molecule has 1 aromatic carbocycles. The van der Waals surface area contributed by atoms with Crippen molar-refractivity contribution >= 4 is 27.2 Å². The van der Waals surface area contributed by atoms with Gasteiger partial charge in [-0.05, 0) is 23.1 Å². The lowest BCUT2D eigenvalue weighted by Crippen LogP contribution is -1.77. The molecule has 0 unspecified atom stereocenters. The summed E-state index contributed by atoms with van der Waals surface area (Å²) in [5.74, 6) is 0. The fourth-order valence-corrected chi connectivity index (χ4v) is 2.34. The molecule has 0 spiro atoms. The molecule has 3 rings (SSSR count). The molecule has 0 aliphatic heterocycles. The smallest absolute Gasteiger partial charge is 0.180 e. The molecule has 2 N–H and O–H groups in total. The number of nitrogens with two attached hydrogens (primary N) is 1. The number of benzene rings is 1. The Morgan fingerprint density at radius 3 is 2.81 bits per heavy atom. The predicted molar refractivity (Wildman–Crippen MR) is 67.3 cm³/mol. The maximum absolute atomic E-state index is 5.63. The summed E-state index contributed by atoms with van der Waals surface area (Å²) in [5, 5.41) is 2.92. The minimum absolute atomic E-state index is 0.602. The number of pyridine rings is 1. The Balaban J connectivity index is 2.18. The molecule has 0 amide bonds. The first-order valence-electron chi connectivity index (χ1n) is 4.88. The van der Waals surface area contributed by atoms with Gasteiger partial charge in [-0.1, -0.05) is 23.5 Å². The van der Waals surface area contributed by atoms with Gasteiger partial charge in [0.1, 0.15) is 0 Å². The molecule has 2 heterocycles. The molecule has 0 radical (unpaired) electrons. The number of fused-ring (bicyclic) bond motifs is 1. The van der Waals surface area contributed by atoms with Crippen LogP contribution in [-0.2, 0) is 0 Å². The third kappa shape index (κ3) is 1.53. The fraction of sp³-hybridized carbons (Fsp3) is 0. The Bertz CT molecular complexity index is 645. The highest BCUT2D eigenvalue weighted by Crippen LogP contribution is 2.29. The van der Waals surface area contributed by atoms with Gasteiger partial charge in [0.15, 0.2) is 5.13 Å². The third-order valence-corrected chi connectivity index (χ3v) is 3.32. The zero-order valence-electron chi connectivity index (χ0n) is 8.42. The number of anilines is 1. The SMILES string of the molecule is Nc1ncc(-c2ccc3cnccc3c2)s1. The number of rotatable bonds is 1. The van der Waals surface area contributed by atoms with Crippen LogP contribution in [0.3, 0.4) is 0 Å². The number of thiazole rings is 1. The van der Waals surface area contributed by atoms with E-state index in [9.17, 15) is 0 Å². The summed E-state index contributed by atoms with van der Waals surface area (Å²) >= 11 is 1.50. The van der Waals surface area contributed by atoms with Crippen LogP contribution in [0.2, 0.25) is 0 Å². The van der Waals surface area contributed by atoms with E-state index < -0.39 is 0 Å². The molecular formula is C12H9N3S. The largest absolute Gasteiger partial charge is 0.375 e. The van der Waals surface area contributed by atoms with Gasteiger partial charge in [0, 0.05) is 24.0 Å². The van der Waals surface area contributed by atoms with Crippen molar-refractivity contribution in [1.29, 1.82) is 0 Å². The van der Waals surface area contributed by atoms with E-state index >= 15 is 0 Å². The first-order chi connectivity index (χ1) is 7.83. The lowest BCUT2D eigenvalue weighted by molar-refractivity contribution is 1.36. The highest BCUT2D eigenvalue weighted by Gasteiger charge is 2.03. The second-order valence-electron chi connectivity index (χ2n) is 3.50. The summed E-state index contributed by atoms with van der Waals surface area (Å²) in [6.45, 7) is 0. The summed E-state index contributed by atoms with van der Waals surface area (Å²) in [6, 6.07) is 8.26. The topological polar surface area (TPSA) is 51.8 Å². The summed E-state index contributed by atoms with van der Waals surface area (Å²) in [6.07, 6.45) is 5.47. The number of hydrogen-bond acceptors (Lipinski definition) is 4. The van der Waals surface area contributed by atoms with Crippen LogP contribution in [-0.4, -0.2) is 9.97 Å². The van der Waals surface area contributed by atoms with E-state index in [1.54, 1.807) is 6.20 Å². The Morgan fingerprint density at radius 1 is 1.06 bits per heavy atom. The summed E-state index contributed by atoms with van der Waals surface area (Å²) < 4.78 is 0. The van der Waals surface area contributed by atoms with Gasteiger partial charge in [0.05, 0.1) is 4.88 Å². The zero-order chi connectivity index (χ0) is 11.0. The van der Waals surface area contributed by atoms with Crippen molar-refractivity contribution in [3.8, 4) is 10.4 Å². The van der Waals surface area contributed by atoms with Gasteiger partial charge in [0.2, 0.25) is 0 Å². The quantitative estimate of drug-likeness (QED) is 0.695. The normalized spacial score (nSPS) is 10.8. The van der Waals surface area contributed by atoms with E-state index in [4.69, 9.17) is 5.73 Å². The van der Waals surface area contributed by atoms with Crippen LogP contribution >= 0.6 is 11.3 Å². The molecule has 0 saturated heterocycles. The van der Waals surface area contributed by atoms with Crippen LogP contribution in [0.25, 0.3) is 21.2 Å². The van der Waals surface area contributed by atoms with Gasteiger partial charge < -0.3 is 5.73 Å². The minimum atomic E-state index is 0.602. The molecule has 0 fully saturated rings. The molecule has 0 saturated carbocycles. The van der Waals surface area contributed by atoms with Crippen molar-refractivity contribution in [2.24, 2.45) is 0 Å². The van der Waals surface area contributed by atoms with Gasteiger partial charge in [-0.15, -0.1) is 0 Å². The molecule has 78 valence electrons. The van der Waals surface area contributed by atoms with Crippen LogP contribution < -0.4 is 5.73 Å². The Morgan fingerprint density at radius 2 is 2.00 bits per heavy atom. The van der Waals surface area contributed by atoms with Crippen LogP contribution in [0, 0.1) is 0 Å². The van der Waals surface area contributed by atoms with Gasteiger partial charge in [-0.25, -0.2) is 4.98 Å². The molecular weight excluding hydrogens is 218 g/mol. The van der Waals surface area contributed by atoms with Crippen LogP contribution in [0.1, 0.15) is 0 Å². The molecule has 3 nitrogen and oxygen atoms in total. The monoisotopic (exact) mass is 227 g/mol. The van der Waals surface area contributed by atoms with Crippen molar-refractivity contribution in [2.45, 2.75) is 0 Å². The summed E-state index contributed by atoms with van der Waals surface area (Å²) in [5.41, 5.74) is 6.77. The lowest BCUT2D eigenvalue weighted by atomic mass is 10.1. The standard InChI is InChI=1S/C12H9N3S/c13-12-15-7-11(16-12)9-1-2-10-6-14-4-3-8(10)5-9/h1-7H,(H2,13,15). The Hall–Kier alpha value is -1.94. The number of nitrogen functional groups attached to an aromatic ring is 1. The van der Waals surface area contributed by atoms with E-state index in [-0.39, 0.29) is 0 Å². The maximum Gasteiger partial charge on any atom is 0.180 e. The second-order valence-corrected chi connectivity index (χ2v) is 4.56. The van der Waals surface area contributed by atoms with Crippen LogP contribution in [0.4, 0.5) is 5.13 Å². The van der Waals surface area contributed by atoms with Crippen LogP contribution in [0.5, 0.6) is 0 Å². The van der Waals surface area contributed by atoms with Crippen LogP contribution in [0.15, 0.2) is 42.9 Å². The van der Waals surface area contributed by atoms with Crippen molar-refractivity contribution in [1.82, 2.24) is 9.97 Å². The summed E-state index contributed by atoms with van der Waals surface area (Å²) in [4.78, 5) is 9.24. The van der Waals surface area contributed by atoms with Crippen molar-refractivity contribution < 1.29 is 0 Å². The maximum atomic E-state index is 5.63. The highest BCUT2D eigenvalue weighted by molar-refractivity contribution is 7.18. The average molecular weight is 227 g/mol. The van der Waals surface area contributed by atoms with E-state index in [2.05, 4.69) is 28.2 Å². The number of hydrogen-bond donors (Lipinski definition) is 1. The molecule has 3 aromatic rings. The molecule has 0 bridgehead atoms. The van der Waals surface area contributed by atoms with Gasteiger partial charge in [-0.2, -0.15) is 0 Å². The third-order valence-electron chi connectivity index (χ3n) is 2.45. The number of aromatic nitrogens is 2. The van der Waals surface area contributed by atoms with Crippen molar-refractivity contribution in [3.63, 3.8) is 0 Å². The molecule has 0 aliphatic rings. The van der Waals surface area contributed by atoms with E-state index in [0.29, 0.717) is 5.13 Å². The van der Waals surface area contributed by atoms with Gasteiger partial charge in [0.25, 0.3) is 0 Å². The van der Waals surface area contributed by atoms with Gasteiger partial charge >= 0.3 is 0 Å². The summed E-state index contributed by atoms with van der Waals surface area (Å²) in [7, 11) is 0. The van der Waals surface area contributed by atoms with E-state index in [1.807, 2.05) is 18.5 Å². The number of nitrogens with zero attached hydrogens (tertiary/aromatic N) is 2. The molecule has 4 heteroatoms. The average Bonchev–Trinajstić information content (AvgIpc) is 2.75. The molecule has 2 aromatic heterocycles. The first kappa shape index (κ1) is 9.30. The second kappa shape index (κ2) is 3.57. The van der Waals surface area contributed by atoms with Gasteiger partial charge in [-0.3, -0.25) is 4.98 Å². The molecule has 0 atom stereocenters.